The van der Waals surface area contributed by atoms with E-state index < -0.39 is 6.10 Å². The Balaban J connectivity index is 1.59. The fourth-order valence-electron chi connectivity index (χ4n) is 3.55. The van der Waals surface area contributed by atoms with E-state index >= 15 is 0 Å². The van der Waals surface area contributed by atoms with Gasteiger partial charge in [-0.25, -0.2) is 0 Å². The third kappa shape index (κ3) is 4.53. The van der Waals surface area contributed by atoms with Crippen molar-refractivity contribution < 1.29 is 14.3 Å². The molecule has 0 aromatic heterocycles. The molecule has 3 rings (SSSR count). The zero-order valence-corrected chi connectivity index (χ0v) is 16.7. The van der Waals surface area contributed by atoms with Crippen LogP contribution in [-0.2, 0) is 9.59 Å². The molecule has 0 radical (unpaired) electrons. The normalized spacial score (nSPS) is 17.1. The Labute approximate surface area is 166 Å². The minimum atomic E-state index is -0.540. The Morgan fingerprint density at radius 3 is 2.50 bits per heavy atom. The first-order chi connectivity index (χ1) is 13.5. The number of hydrogen-bond acceptors (Lipinski definition) is 3. The summed E-state index contributed by atoms with van der Waals surface area (Å²) < 4.78 is 5.64. The number of ether oxygens (including phenoxy) is 1. The van der Waals surface area contributed by atoms with E-state index in [2.05, 4.69) is 31.3 Å². The topological polar surface area (TPSA) is 58.6 Å². The van der Waals surface area contributed by atoms with Crippen LogP contribution in [-0.4, -0.2) is 31.0 Å². The standard InChI is InChI=1S/C23H28N2O3/c1-16(2)19(18-9-5-4-6-10-18)15-24-22(26)13-14-25-20-11-7-8-12-21(20)28-17(3)23(25)27/h4-12,16-17,19H,13-15H2,1-3H3,(H,24,26). The molecule has 0 bridgehead atoms. The summed E-state index contributed by atoms with van der Waals surface area (Å²) in [5, 5.41) is 3.04. The lowest BCUT2D eigenvalue weighted by Crippen LogP contribution is -2.46. The number of amides is 2. The maximum atomic E-state index is 12.5. The van der Waals surface area contributed by atoms with Crippen LogP contribution >= 0.6 is 0 Å². The molecule has 28 heavy (non-hydrogen) atoms. The fourth-order valence-corrected chi connectivity index (χ4v) is 3.55. The van der Waals surface area contributed by atoms with Crippen molar-refractivity contribution in [1.29, 1.82) is 0 Å². The van der Waals surface area contributed by atoms with Gasteiger partial charge in [-0.1, -0.05) is 56.3 Å². The minimum absolute atomic E-state index is 0.0500. The molecule has 2 atom stereocenters. The Morgan fingerprint density at radius 1 is 1.11 bits per heavy atom. The molecule has 2 aromatic rings. The number of nitrogens with one attached hydrogen (secondary N) is 1. The molecule has 0 spiro atoms. The second-order valence-electron chi connectivity index (χ2n) is 7.53. The molecule has 2 unspecified atom stereocenters. The lowest BCUT2D eigenvalue weighted by Gasteiger charge is -2.32. The number of hydrogen-bond donors (Lipinski definition) is 1. The lowest BCUT2D eigenvalue weighted by atomic mass is 9.88. The van der Waals surface area contributed by atoms with Gasteiger partial charge in [-0.2, -0.15) is 0 Å². The van der Waals surface area contributed by atoms with Gasteiger partial charge in [0.15, 0.2) is 6.10 Å². The van der Waals surface area contributed by atoms with Crippen LogP contribution in [0, 0.1) is 5.92 Å². The Bertz CT molecular complexity index is 820. The van der Waals surface area contributed by atoms with Crippen LogP contribution in [0.1, 0.15) is 38.7 Å². The largest absolute Gasteiger partial charge is 0.479 e. The highest BCUT2D eigenvalue weighted by atomic mass is 16.5. The molecule has 0 aliphatic carbocycles. The van der Waals surface area contributed by atoms with E-state index in [0.717, 1.165) is 5.69 Å². The molecule has 0 fully saturated rings. The van der Waals surface area contributed by atoms with Gasteiger partial charge >= 0.3 is 0 Å². The second kappa shape index (κ2) is 8.91. The van der Waals surface area contributed by atoms with Crippen LogP contribution in [0.2, 0.25) is 0 Å². The quantitative estimate of drug-likeness (QED) is 0.796. The summed E-state index contributed by atoms with van der Waals surface area (Å²) in [5.41, 5.74) is 1.95. The molecule has 148 valence electrons. The molecule has 0 saturated heterocycles. The summed E-state index contributed by atoms with van der Waals surface area (Å²) in [6.45, 7) is 6.99. The van der Waals surface area contributed by atoms with Crippen LogP contribution in [0.4, 0.5) is 5.69 Å². The second-order valence-corrected chi connectivity index (χ2v) is 7.53. The molecular formula is C23H28N2O3. The van der Waals surface area contributed by atoms with E-state index in [4.69, 9.17) is 4.74 Å². The number of rotatable bonds is 7. The molecule has 0 saturated carbocycles. The summed E-state index contributed by atoms with van der Waals surface area (Å²) in [5.74, 6) is 1.19. The number of benzene rings is 2. The van der Waals surface area contributed by atoms with Gasteiger partial charge in [-0.3, -0.25) is 9.59 Å². The zero-order valence-electron chi connectivity index (χ0n) is 16.7. The van der Waals surface area contributed by atoms with Crippen molar-refractivity contribution in [2.75, 3.05) is 18.0 Å². The highest BCUT2D eigenvalue weighted by Crippen LogP contribution is 2.33. The third-order valence-electron chi connectivity index (χ3n) is 5.19. The van der Waals surface area contributed by atoms with Crippen LogP contribution in [0.3, 0.4) is 0 Å². The predicted octanol–water partition coefficient (Wildman–Crippen LogP) is 3.75. The highest BCUT2D eigenvalue weighted by Gasteiger charge is 2.31. The summed E-state index contributed by atoms with van der Waals surface area (Å²) in [4.78, 5) is 26.6. The van der Waals surface area contributed by atoms with Gasteiger partial charge in [0.25, 0.3) is 5.91 Å². The van der Waals surface area contributed by atoms with Gasteiger partial charge in [0.1, 0.15) is 5.75 Å². The van der Waals surface area contributed by atoms with Gasteiger partial charge in [-0.05, 0) is 30.5 Å². The van der Waals surface area contributed by atoms with Crippen LogP contribution in [0.15, 0.2) is 54.6 Å². The molecule has 1 aliphatic rings. The Hall–Kier alpha value is -2.82. The Morgan fingerprint density at radius 2 is 1.79 bits per heavy atom. The van der Waals surface area contributed by atoms with Gasteiger partial charge in [-0.15, -0.1) is 0 Å². The van der Waals surface area contributed by atoms with Crippen molar-refractivity contribution in [3.05, 3.63) is 60.2 Å². The van der Waals surface area contributed by atoms with Gasteiger partial charge < -0.3 is 15.0 Å². The number of carbonyl (C=O) groups excluding carboxylic acids is 2. The van der Waals surface area contributed by atoms with Crippen molar-refractivity contribution >= 4 is 17.5 Å². The third-order valence-corrected chi connectivity index (χ3v) is 5.19. The monoisotopic (exact) mass is 380 g/mol. The molecule has 1 heterocycles. The number of fused-ring (bicyclic) bond motifs is 1. The van der Waals surface area contributed by atoms with Crippen molar-refractivity contribution in [2.45, 2.75) is 39.2 Å². The maximum Gasteiger partial charge on any atom is 0.267 e. The Kier molecular flexibility index (Phi) is 6.34. The van der Waals surface area contributed by atoms with Crippen LogP contribution < -0.4 is 15.0 Å². The van der Waals surface area contributed by atoms with Crippen molar-refractivity contribution in [2.24, 2.45) is 5.92 Å². The van der Waals surface area contributed by atoms with E-state index in [-0.39, 0.29) is 24.2 Å². The minimum Gasteiger partial charge on any atom is -0.479 e. The number of carbonyl (C=O) groups is 2. The van der Waals surface area contributed by atoms with E-state index in [1.54, 1.807) is 11.8 Å². The van der Waals surface area contributed by atoms with E-state index in [0.29, 0.717) is 24.8 Å². The molecule has 5 nitrogen and oxygen atoms in total. The van der Waals surface area contributed by atoms with Gasteiger partial charge in [0, 0.05) is 25.4 Å². The number of anilines is 1. The average molecular weight is 380 g/mol. The van der Waals surface area contributed by atoms with Crippen molar-refractivity contribution in [1.82, 2.24) is 5.32 Å². The number of nitrogens with zero attached hydrogens (tertiary/aromatic N) is 1. The van der Waals surface area contributed by atoms with E-state index in [9.17, 15) is 9.59 Å². The first-order valence-electron chi connectivity index (χ1n) is 9.86. The molecule has 2 aromatic carbocycles. The zero-order chi connectivity index (χ0) is 20.1. The summed E-state index contributed by atoms with van der Waals surface area (Å²) in [6, 6.07) is 17.7. The SMILES string of the molecule is CC1Oc2ccccc2N(CCC(=O)NCC(c2ccccc2)C(C)C)C1=O. The van der Waals surface area contributed by atoms with E-state index in [1.165, 1.54) is 5.56 Å². The van der Waals surface area contributed by atoms with Crippen molar-refractivity contribution in [3.8, 4) is 5.75 Å². The lowest BCUT2D eigenvalue weighted by molar-refractivity contribution is -0.125. The molecule has 2 amide bonds. The first kappa shape index (κ1) is 19.9. The molecular weight excluding hydrogens is 352 g/mol. The summed E-state index contributed by atoms with van der Waals surface area (Å²) in [6.07, 6.45) is -0.284. The first-order valence-corrected chi connectivity index (χ1v) is 9.86. The van der Waals surface area contributed by atoms with Crippen molar-refractivity contribution in [3.63, 3.8) is 0 Å². The summed E-state index contributed by atoms with van der Waals surface area (Å²) >= 11 is 0. The predicted molar refractivity (Wildman–Crippen MR) is 111 cm³/mol. The fraction of sp³-hybridized carbons (Fsp3) is 0.391. The number of para-hydroxylation sites is 2. The van der Waals surface area contributed by atoms with Crippen LogP contribution in [0.25, 0.3) is 0 Å². The highest BCUT2D eigenvalue weighted by molar-refractivity contribution is 6.00. The smallest absolute Gasteiger partial charge is 0.267 e. The molecule has 1 N–H and O–H groups in total. The van der Waals surface area contributed by atoms with Gasteiger partial charge in [0.2, 0.25) is 5.91 Å². The summed E-state index contributed by atoms with van der Waals surface area (Å²) in [7, 11) is 0. The molecule has 1 aliphatic heterocycles. The van der Waals surface area contributed by atoms with Gasteiger partial charge in [0.05, 0.1) is 5.69 Å². The van der Waals surface area contributed by atoms with E-state index in [1.807, 2.05) is 42.5 Å². The average Bonchev–Trinajstić information content (AvgIpc) is 2.69. The molecule has 5 heteroatoms. The maximum absolute atomic E-state index is 12.5. The van der Waals surface area contributed by atoms with Crippen LogP contribution in [0.5, 0.6) is 5.75 Å².